The summed E-state index contributed by atoms with van der Waals surface area (Å²) in [5, 5.41) is 13.8. The highest BCUT2D eigenvalue weighted by Gasteiger charge is 1.94. The molecule has 2 aromatic rings. The fraction of sp³-hybridized carbons (Fsp3) is 0.429. The summed E-state index contributed by atoms with van der Waals surface area (Å²) in [4.78, 5) is 0. The molecule has 0 saturated carbocycles. The van der Waals surface area contributed by atoms with Crippen molar-refractivity contribution in [3.63, 3.8) is 0 Å². The van der Waals surface area contributed by atoms with E-state index in [1.165, 1.54) is 0 Å². The van der Waals surface area contributed by atoms with Crippen LogP contribution in [-0.4, -0.2) is 39.3 Å². The van der Waals surface area contributed by atoms with Crippen molar-refractivity contribution in [2.24, 2.45) is 0 Å². The Labute approximate surface area is 163 Å². The third kappa shape index (κ3) is 9.72. The van der Waals surface area contributed by atoms with Gasteiger partial charge in [0, 0.05) is 35.8 Å². The molecule has 0 aliphatic carbocycles. The molecule has 2 rings (SSSR count). The van der Waals surface area contributed by atoms with Crippen molar-refractivity contribution in [2.75, 3.05) is 61.4 Å². The van der Waals surface area contributed by atoms with Crippen LogP contribution in [0.25, 0.3) is 0 Å². The minimum absolute atomic E-state index is 0.800. The number of hydrogen-bond donors (Lipinski definition) is 6. The highest BCUT2D eigenvalue weighted by Crippen LogP contribution is 2.10. The first-order valence-corrected chi connectivity index (χ1v) is 9.84. The maximum Gasteiger partial charge on any atom is 0.0341 e. The maximum absolute atomic E-state index is 5.67. The molecular weight excluding hydrogens is 336 g/mol. The average molecular weight is 371 g/mol. The maximum atomic E-state index is 5.67. The number of anilines is 4. The first-order chi connectivity index (χ1) is 13.2. The second kappa shape index (κ2) is 12.8. The number of benzene rings is 2. The van der Waals surface area contributed by atoms with E-state index in [1.54, 1.807) is 0 Å². The second-order valence-electron chi connectivity index (χ2n) is 6.66. The van der Waals surface area contributed by atoms with Gasteiger partial charge < -0.3 is 32.7 Å². The summed E-state index contributed by atoms with van der Waals surface area (Å²) in [6.45, 7) is 6.12. The van der Waals surface area contributed by atoms with Gasteiger partial charge in [0.15, 0.2) is 0 Å². The lowest BCUT2D eigenvalue weighted by atomic mass is 10.3. The molecule has 0 aliphatic rings. The van der Waals surface area contributed by atoms with Crippen LogP contribution >= 0.6 is 0 Å². The molecule has 0 amide bonds. The van der Waals surface area contributed by atoms with Crippen molar-refractivity contribution in [3.8, 4) is 0 Å². The van der Waals surface area contributed by atoms with Gasteiger partial charge in [0.2, 0.25) is 0 Å². The zero-order valence-electron chi connectivity index (χ0n) is 16.1. The average Bonchev–Trinajstić information content (AvgIpc) is 2.68. The first-order valence-electron chi connectivity index (χ1n) is 9.84. The van der Waals surface area contributed by atoms with Gasteiger partial charge in [-0.05, 0) is 94.0 Å². The van der Waals surface area contributed by atoms with Crippen molar-refractivity contribution in [2.45, 2.75) is 19.3 Å². The molecule has 0 aliphatic heterocycles. The van der Waals surface area contributed by atoms with Gasteiger partial charge in [-0.2, -0.15) is 0 Å². The van der Waals surface area contributed by atoms with Crippen molar-refractivity contribution in [3.05, 3.63) is 48.5 Å². The van der Waals surface area contributed by atoms with Crippen molar-refractivity contribution >= 4 is 22.7 Å². The van der Waals surface area contributed by atoms with Crippen LogP contribution in [0.3, 0.4) is 0 Å². The van der Waals surface area contributed by atoms with E-state index in [1.807, 2.05) is 48.5 Å². The minimum atomic E-state index is 0.800. The van der Waals surface area contributed by atoms with Crippen LogP contribution < -0.4 is 32.7 Å². The lowest BCUT2D eigenvalue weighted by Crippen LogP contribution is -2.25. The van der Waals surface area contributed by atoms with Gasteiger partial charge in [0.05, 0.1) is 0 Å². The van der Waals surface area contributed by atoms with E-state index in [0.717, 1.165) is 81.3 Å². The second-order valence-corrected chi connectivity index (χ2v) is 6.66. The Bertz CT molecular complexity index is 556. The number of nitrogens with two attached hydrogens (primary N) is 2. The predicted octanol–water partition coefficient (Wildman–Crippen LogP) is 2.72. The molecule has 0 aromatic heterocycles. The summed E-state index contributed by atoms with van der Waals surface area (Å²) in [6.07, 6.45) is 3.36. The normalized spacial score (nSPS) is 10.7. The SMILES string of the molecule is Nc1ccc(NCCCNCCCNCCCNc2ccc(N)cc2)cc1. The molecule has 8 N–H and O–H groups in total. The van der Waals surface area contributed by atoms with Crippen molar-refractivity contribution in [1.29, 1.82) is 0 Å². The monoisotopic (exact) mass is 370 g/mol. The third-order valence-electron chi connectivity index (χ3n) is 4.25. The summed E-state index contributed by atoms with van der Waals surface area (Å²) >= 11 is 0. The van der Waals surface area contributed by atoms with Crippen LogP contribution in [0.2, 0.25) is 0 Å². The van der Waals surface area contributed by atoms with Gasteiger partial charge in [-0.15, -0.1) is 0 Å². The van der Waals surface area contributed by atoms with E-state index >= 15 is 0 Å². The van der Waals surface area contributed by atoms with E-state index in [9.17, 15) is 0 Å². The van der Waals surface area contributed by atoms with Crippen LogP contribution in [0.5, 0.6) is 0 Å². The largest absolute Gasteiger partial charge is 0.399 e. The van der Waals surface area contributed by atoms with Crippen molar-refractivity contribution < 1.29 is 0 Å². The van der Waals surface area contributed by atoms with E-state index in [4.69, 9.17) is 11.5 Å². The molecule has 0 spiro atoms. The van der Waals surface area contributed by atoms with E-state index < -0.39 is 0 Å². The number of nitrogen functional groups attached to an aromatic ring is 2. The summed E-state index contributed by atoms with van der Waals surface area (Å²) in [5.41, 5.74) is 15.2. The van der Waals surface area contributed by atoms with Crippen LogP contribution in [0.1, 0.15) is 19.3 Å². The fourth-order valence-electron chi connectivity index (χ4n) is 2.68. The molecule has 6 heteroatoms. The summed E-state index contributed by atoms with van der Waals surface area (Å²) in [5.74, 6) is 0. The van der Waals surface area contributed by atoms with Gasteiger partial charge in [-0.3, -0.25) is 0 Å². The standard InChI is InChI=1S/C21H34N6/c22-18-4-8-20(9-5-18)26-16-2-14-24-12-1-13-25-15-3-17-27-21-10-6-19(23)7-11-21/h4-11,24-27H,1-3,12-17,22-23H2. The van der Waals surface area contributed by atoms with Gasteiger partial charge in [0.1, 0.15) is 0 Å². The Hall–Kier alpha value is -2.44. The minimum Gasteiger partial charge on any atom is -0.399 e. The molecule has 0 unspecified atom stereocenters. The molecule has 0 radical (unpaired) electrons. The topological polar surface area (TPSA) is 100 Å². The van der Waals surface area contributed by atoms with Crippen molar-refractivity contribution in [1.82, 2.24) is 10.6 Å². The summed E-state index contributed by atoms with van der Waals surface area (Å²) in [6, 6.07) is 15.7. The number of rotatable bonds is 14. The van der Waals surface area contributed by atoms with E-state index in [0.29, 0.717) is 0 Å². The molecule has 0 fully saturated rings. The number of nitrogens with one attached hydrogen (secondary N) is 4. The van der Waals surface area contributed by atoms with Gasteiger partial charge in [0.25, 0.3) is 0 Å². The molecule has 27 heavy (non-hydrogen) atoms. The van der Waals surface area contributed by atoms with Gasteiger partial charge >= 0.3 is 0 Å². The lowest BCUT2D eigenvalue weighted by molar-refractivity contribution is 0.583. The summed E-state index contributed by atoms with van der Waals surface area (Å²) in [7, 11) is 0. The lowest BCUT2D eigenvalue weighted by Gasteiger charge is -2.09. The number of hydrogen-bond acceptors (Lipinski definition) is 6. The van der Waals surface area contributed by atoms with E-state index in [-0.39, 0.29) is 0 Å². The molecule has 0 heterocycles. The molecule has 0 bridgehead atoms. The van der Waals surface area contributed by atoms with Gasteiger partial charge in [-0.25, -0.2) is 0 Å². The van der Waals surface area contributed by atoms with Crippen LogP contribution in [-0.2, 0) is 0 Å². The summed E-state index contributed by atoms with van der Waals surface area (Å²) < 4.78 is 0. The first kappa shape index (κ1) is 20.9. The molecule has 0 atom stereocenters. The van der Waals surface area contributed by atoms with Crippen LogP contribution in [0, 0.1) is 0 Å². The molecule has 148 valence electrons. The fourth-order valence-corrected chi connectivity index (χ4v) is 2.68. The molecule has 0 saturated heterocycles. The molecule has 6 nitrogen and oxygen atoms in total. The zero-order valence-corrected chi connectivity index (χ0v) is 16.1. The molecular formula is C21H34N6. The van der Waals surface area contributed by atoms with Crippen LogP contribution in [0.4, 0.5) is 22.7 Å². The smallest absolute Gasteiger partial charge is 0.0341 e. The highest BCUT2D eigenvalue weighted by molar-refractivity contribution is 5.51. The predicted molar refractivity (Wildman–Crippen MR) is 118 cm³/mol. The highest BCUT2D eigenvalue weighted by atomic mass is 14.9. The third-order valence-corrected chi connectivity index (χ3v) is 4.25. The van der Waals surface area contributed by atoms with Crippen LogP contribution in [0.15, 0.2) is 48.5 Å². The Morgan fingerprint density at radius 2 is 0.815 bits per heavy atom. The van der Waals surface area contributed by atoms with E-state index in [2.05, 4.69) is 21.3 Å². The Kier molecular flexibility index (Phi) is 9.92. The zero-order chi connectivity index (χ0) is 19.2. The Balaban J connectivity index is 1.32. The quantitative estimate of drug-likeness (QED) is 0.226. The van der Waals surface area contributed by atoms with Gasteiger partial charge in [-0.1, -0.05) is 0 Å². The Morgan fingerprint density at radius 3 is 1.19 bits per heavy atom. The molecule has 2 aromatic carbocycles. The Morgan fingerprint density at radius 1 is 0.481 bits per heavy atom.